The van der Waals surface area contributed by atoms with Crippen molar-refractivity contribution in [3.8, 4) is 0 Å². The first-order chi connectivity index (χ1) is 35.4. The molecular formula is C58H162N2O6S8-2. The lowest BCUT2D eigenvalue weighted by atomic mass is 10.6. The van der Waals surface area contributed by atoms with E-state index in [9.17, 15) is 9.59 Å². The van der Waals surface area contributed by atoms with E-state index >= 15 is 0 Å². The Morgan fingerprint density at radius 2 is 0.351 bits per heavy atom. The highest BCUT2D eigenvalue weighted by molar-refractivity contribution is 7.98. The molecule has 0 saturated carbocycles. The van der Waals surface area contributed by atoms with Crippen LogP contribution in [0.3, 0.4) is 0 Å². The fourth-order valence-electron chi connectivity index (χ4n) is 0. The molecule has 0 aliphatic heterocycles. The van der Waals surface area contributed by atoms with Gasteiger partial charge >= 0.3 is 0 Å². The molecule has 0 radical (unpaired) electrons. The lowest BCUT2D eigenvalue weighted by Gasteiger charge is -1.80. The second-order valence-electron chi connectivity index (χ2n) is 7.42. The van der Waals surface area contributed by atoms with Crippen LogP contribution in [0.1, 0.15) is 281 Å². The molecule has 2 N–H and O–H groups in total. The third-order valence-electron chi connectivity index (χ3n) is 0.993. The Kier molecular flexibility index (Phi) is 1930. The van der Waals surface area contributed by atoms with Gasteiger partial charge in [0.05, 0.1) is 0 Å². The lowest BCUT2D eigenvalue weighted by Crippen LogP contribution is -2.16. The number of rotatable bonds is 1. The number of carboxylic acid groups (broad SMARTS) is 2. The number of thioether (sulfide) groups is 1. The van der Waals surface area contributed by atoms with E-state index in [2.05, 4.69) is 208 Å². The third-order valence-corrected chi connectivity index (χ3v) is 1.57. The summed E-state index contributed by atoms with van der Waals surface area (Å²) in [7, 11) is 3.20. The molecule has 0 atom stereocenters. The van der Waals surface area contributed by atoms with Crippen molar-refractivity contribution in [1.82, 2.24) is 10.6 Å². The van der Waals surface area contributed by atoms with Gasteiger partial charge in [-0.1, -0.05) is 253 Å². The summed E-state index contributed by atoms with van der Waals surface area (Å²) < 4.78 is 0. The number of nitrogens with one attached hydrogen (secondary N) is 2. The number of thiol groups is 7. The first-order valence-electron chi connectivity index (χ1n) is 27.2. The predicted molar refractivity (Wildman–Crippen MR) is 398 cm³/mol. The van der Waals surface area contributed by atoms with Gasteiger partial charge in [-0.25, -0.2) is 0 Å². The molecule has 74 heavy (non-hydrogen) atoms. The predicted octanol–water partition coefficient (Wildman–Crippen LogP) is 20.7. The van der Waals surface area contributed by atoms with Crippen LogP contribution in [0.5, 0.6) is 0 Å². The van der Waals surface area contributed by atoms with Crippen molar-refractivity contribution in [3.05, 3.63) is 13.2 Å². The zero-order chi connectivity index (χ0) is 69.4. The van der Waals surface area contributed by atoms with E-state index in [1.165, 1.54) is 58.1 Å². The van der Waals surface area contributed by atoms with E-state index in [0.29, 0.717) is 0 Å². The maximum Gasteiger partial charge on any atom is 0.216 e. The zero-order valence-electron chi connectivity index (χ0n) is 60.4. The highest BCUT2D eigenvalue weighted by Crippen LogP contribution is 1.83. The molecule has 490 valence electrons. The summed E-state index contributed by atoms with van der Waals surface area (Å²) >= 11 is 26.6. The maximum atomic E-state index is 9.70. The van der Waals surface area contributed by atoms with Crippen molar-refractivity contribution in [3.63, 3.8) is 0 Å². The van der Waals surface area contributed by atoms with Crippen molar-refractivity contribution in [2.75, 3.05) is 69.9 Å². The Hall–Kier alpha value is 0.420. The van der Waals surface area contributed by atoms with Crippen LogP contribution < -0.4 is 20.8 Å². The molecule has 0 aliphatic carbocycles. The van der Waals surface area contributed by atoms with Gasteiger partial charge in [0, 0.05) is 39.9 Å². The van der Waals surface area contributed by atoms with Crippen LogP contribution in [0, 0.1) is 0 Å². The van der Waals surface area contributed by atoms with Gasteiger partial charge in [-0.3, -0.25) is 9.59 Å². The smallest absolute Gasteiger partial charge is 0.216 e. The zero-order valence-corrected chi connectivity index (χ0v) is 67.4. The molecule has 8 nitrogen and oxygen atoms in total. The Balaban J connectivity index is -0.0000000115. The summed E-state index contributed by atoms with van der Waals surface area (Å²) in [6, 6.07) is 0. The fourth-order valence-corrected chi connectivity index (χ4v) is 0. The molecule has 0 aromatic heterocycles. The molecule has 2 amide bonds. The van der Waals surface area contributed by atoms with Crippen molar-refractivity contribution in [1.29, 1.82) is 0 Å². The van der Waals surface area contributed by atoms with Crippen LogP contribution in [0.4, 0.5) is 0 Å². The number of carbonyl (C=O) groups excluding carboxylic acids is 4. The van der Waals surface area contributed by atoms with Gasteiger partial charge in [0.15, 0.2) is 0 Å². The minimum atomic E-state index is -1.08. The lowest BCUT2D eigenvalue weighted by molar-refractivity contribution is -0.303. The molecule has 0 fully saturated rings. The van der Waals surface area contributed by atoms with Crippen LogP contribution in [0.2, 0.25) is 0 Å². The van der Waals surface area contributed by atoms with E-state index < -0.39 is 11.9 Å². The summed E-state index contributed by atoms with van der Waals surface area (Å²) in [5.74, 6) is -0.921. The standard InChI is InChI=1S/2C3H7NO.C3H8S.6C3H8.2C2H4O2.9C2H6.C2H4.7CH4S/c2*1-3(5)4-2;1-3-4-2;6*1-3-2;2*1-2(3)4;17*1-2/h2*1-2H3,(H,4,5);3H2,1-2H3;6*3H2,1-2H3;2*1H3,(H,3,4);9*1-2H3;1-2H2;7*2H,1H3/p-2. The van der Waals surface area contributed by atoms with Crippen LogP contribution in [0.25, 0.3) is 0 Å². The number of carbonyl (C=O) groups is 4. The van der Waals surface area contributed by atoms with Gasteiger partial charge in [0.2, 0.25) is 11.8 Å². The van der Waals surface area contributed by atoms with Crippen LogP contribution in [-0.4, -0.2) is 93.6 Å². The van der Waals surface area contributed by atoms with E-state index in [1.54, 1.807) is 57.9 Å². The summed E-state index contributed by atoms with van der Waals surface area (Å²) in [5, 5.41) is 22.6. The van der Waals surface area contributed by atoms with Gasteiger partial charge < -0.3 is 30.4 Å². The highest BCUT2D eigenvalue weighted by atomic mass is 32.2. The number of carboxylic acids is 2. The summed E-state index contributed by atoms with van der Waals surface area (Å²) in [5.41, 5.74) is 0. The Labute approximate surface area is 524 Å². The topological polar surface area (TPSA) is 138 Å². The van der Waals surface area contributed by atoms with Crippen molar-refractivity contribution in [2.45, 2.75) is 281 Å². The highest BCUT2D eigenvalue weighted by Gasteiger charge is 1.73. The molecule has 0 bridgehead atoms. The quantitative estimate of drug-likeness (QED) is 0.0942. The first kappa shape index (κ1) is 186. The largest absolute Gasteiger partial charge is 0.550 e. The first-order valence-corrected chi connectivity index (χ1v) is 34.9. The molecule has 0 rings (SSSR count). The van der Waals surface area contributed by atoms with E-state index in [4.69, 9.17) is 19.8 Å². The summed E-state index contributed by atoms with van der Waals surface area (Å²) in [6.45, 7) is 74.5. The van der Waals surface area contributed by atoms with Crippen LogP contribution >= 0.6 is 100 Å². The molecule has 0 aromatic rings. The number of amides is 2. The second kappa shape index (κ2) is 766. The van der Waals surface area contributed by atoms with Crippen LogP contribution in [-0.2, 0) is 19.2 Å². The van der Waals surface area contributed by atoms with Gasteiger partial charge in [-0.2, -0.15) is 100 Å². The molecule has 0 unspecified atom stereocenters. The molecule has 0 saturated heterocycles. The normalized spacial score (nSPS) is 4.81. The van der Waals surface area contributed by atoms with Gasteiger partial charge in [-0.15, -0.1) is 13.2 Å². The second-order valence-corrected chi connectivity index (χ2v) is 8.57. The maximum absolute atomic E-state index is 9.70. The monoisotopic (exact) mass is 1240 g/mol. The van der Waals surface area contributed by atoms with Crippen molar-refractivity contribution >= 4 is 124 Å². The van der Waals surface area contributed by atoms with Crippen LogP contribution in [0.15, 0.2) is 13.2 Å². The molecule has 0 spiro atoms. The average Bonchev–Trinajstić information content (AvgIpc) is 3.47. The summed E-state index contributed by atoms with van der Waals surface area (Å²) in [4.78, 5) is 37.2. The Morgan fingerprint density at radius 1 is 0.324 bits per heavy atom. The van der Waals surface area contributed by atoms with Gasteiger partial charge in [0.1, 0.15) is 0 Å². The average molecular weight is 1240 g/mol. The molecule has 0 aliphatic rings. The number of hydrogen-bond donors (Lipinski definition) is 9. The number of hydrogen-bond acceptors (Lipinski definition) is 14. The minimum absolute atomic E-state index is 0.00463. The van der Waals surface area contributed by atoms with Gasteiger partial charge in [0.25, 0.3) is 0 Å². The SMILES string of the molecule is C=C.CC.CC.CC.CC.CC.CC.CC.CC.CC.CC(=O)[O-].CC(=O)[O-].CCC.CCC.CCC.CCC.CCC.CCC.CCSC.CNC(C)=O.CNC(C)=O.CS.CS.CS.CS.CS.CS.CS. The Morgan fingerprint density at radius 3 is 0.351 bits per heavy atom. The van der Waals surface area contributed by atoms with E-state index in [-0.39, 0.29) is 11.8 Å². The molecular weight excluding hydrogens is 1080 g/mol. The number of aliphatic carboxylic acids is 2. The minimum Gasteiger partial charge on any atom is -0.550 e. The van der Waals surface area contributed by atoms with E-state index in [0.717, 1.165) is 13.8 Å². The molecule has 0 aromatic carbocycles. The van der Waals surface area contributed by atoms with Crippen molar-refractivity contribution in [2.24, 2.45) is 0 Å². The van der Waals surface area contributed by atoms with Crippen molar-refractivity contribution < 1.29 is 29.4 Å². The molecule has 0 heterocycles. The third kappa shape index (κ3) is 12600. The summed E-state index contributed by atoms with van der Waals surface area (Å²) in [6.07, 6.45) is 21.5. The fraction of sp³-hybridized carbons (Fsp3) is 0.897. The Bertz CT molecular complexity index is 370. The van der Waals surface area contributed by atoms with E-state index in [1.807, 2.05) is 136 Å². The molecule has 16 heteroatoms. The van der Waals surface area contributed by atoms with Gasteiger partial charge in [-0.05, 0) is 69.6 Å².